The second-order valence-electron chi connectivity index (χ2n) is 5.97. The molecule has 5 nitrogen and oxygen atoms in total. The smallest absolute Gasteiger partial charge is 0.269 e. The van der Waals surface area contributed by atoms with E-state index in [2.05, 4.69) is 21.4 Å². The van der Waals surface area contributed by atoms with E-state index in [4.69, 9.17) is 5.26 Å². The summed E-state index contributed by atoms with van der Waals surface area (Å²) in [7, 11) is 0. The Balaban J connectivity index is 1.41. The highest BCUT2D eigenvalue weighted by atomic mass is 32.1. The van der Waals surface area contributed by atoms with E-state index in [0.29, 0.717) is 22.0 Å². The number of hydrogen-bond acceptors (Lipinski definition) is 6. The van der Waals surface area contributed by atoms with Crippen molar-refractivity contribution in [3.8, 4) is 16.6 Å². The van der Waals surface area contributed by atoms with E-state index < -0.39 is 0 Å². The summed E-state index contributed by atoms with van der Waals surface area (Å²) < 4.78 is 0. The molecule has 0 unspecified atom stereocenters. The molecule has 0 bridgehead atoms. The molecule has 0 aliphatic heterocycles. The van der Waals surface area contributed by atoms with Gasteiger partial charge in [-0.1, -0.05) is 42.5 Å². The Labute approximate surface area is 170 Å². The van der Waals surface area contributed by atoms with Gasteiger partial charge in [-0.2, -0.15) is 5.26 Å². The lowest BCUT2D eigenvalue weighted by atomic mass is 10.1. The van der Waals surface area contributed by atoms with E-state index in [1.54, 1.807) is 24.5 Å². The molecule has 1 N–H and O–H groups in total. The average Bonchev–Trinajstić information content (AvgIpc) is 3.39. The van der Waals surface area contributed by atoms with Gasteiger partial charge in [0.15, 0.2) is 5.13 Å². The lowest BCUT2D eigenvalue weighted by Crippen LogP contribution is -2.09. The molecule has 7 heteroatoms. The summed E-state index contributed by atoms with van der Waals surface area (Å²) in [5.74, 6) is -0.209. The first kappa shape index (κ1) is 18.0. The third kappa shape index (κ3) is 4.14. The number of hydrogen-bond donors (Lipinski definition) is 1. The quantitative estimate of drug-likeness (QED) is 0.510. The molecule has 0 fully saturated rings. The topological polar surface area (TPSA) is 78.7 Å². The average molecular weight is 403 g/mol. The molecule has 1 amide bonds. The van der Waals surface area contributed by atoms with E-state index in [1.807, 2.05) is 42.5 Å². The van der Waals surface area contributed by atoms with Crippen LogP contribution in [0.2, 0.25) is 0 Å². The maximum Gasteiger partial charge on any atom is 0.269 e. The molecule has 28 heavy (non-hydrogen) atoms. The number of carbonyl (C=O) groups is 1. The van der Waals surface area contributed by atoms with Crippen LogP contribution in [-0.2, 0) is 6.42 Å². The zero-order valence-corrected chi connectivity index (χ0v) is 16.3. The summed E-state index contributed by atoms with van der Waals surface area (Å²) in [6.07, 6.45) is 4.06. The van der Waals surface area contributed by atoms with E-state index in [9.17, 15) is 4.79 Å². The molecule has 0 aliphatic rings. The highest BCUT2D eigenvalue weighted by Crippen LogP contribution is 2.26. The zero-order chi connectivity index (χ0) is 19.3. The van der Waals surface area contributed by atoms with Crippen LogP contribution in [0.25, 0.3) is 10.6 Å². The summed E-state index contributed by atoms with van der Waals surface area (Å²) in [6, 6.07) is 19.3. The summed E-state index contributed by atoms with van der Waals surface area (Å²) in [5.41, 5.74) is 2.72. The first-order valence-electron chi connectivity index (χ1n) is 8.47. The standard InChI is InChI=1S/C21H14N4OS2/c22-11-15-8-6-14(7-9-15)10-17-12-24-21(27-17)25-19(26)18-13-23-20(28-18)16-4-2-1-3-5-16/h1-9,12-13H,10H2,(H,24,25,26). The van der Waals surface area contributed by atoms with E-state index >= 15 is 0 Å². The lowest BCUT2D eigenvalue weighted by molar-refractivity contribution is 0.103. The molecule has 2 aromatic heterocycles. The molecule has 4 rings (SSSR count). The van der Waals surface area contributed by atoms with Crippen LogP contribution in [0.15, 0.2) is 67.0 Å². The number of anilines is 1. The minimum Gasteiger partial charge on any atom is -0.297 e. The third-order valence-electron chi connectivity index (χ3n) is 3.99. The largest absolute Gasteiger partial charge is 0.297 e. The molecule has 0 spiro atoms. The molecule has 0 saturated heterocycles. The number of nitrogens with one attached hydrogen (secondary N) is 1. The minimum absolute atomic E-state index is 0.209. The van der Waals surface area contributed by atoms with Gasteiger partial charge in [0.1, 0.15) is 9.88 Å². The molecular weight excluding hydrogens is 388 g/mol. The van der Waals surface area contributed by atoms with Gasteiger partial charge in [-0.15, -0.1) is 22.7 Å². The predicted octanol–water partition coefficient (Wildman–Crippen LogP) is 4.98. The van der Waals surface area contributed by atoms with Crippen LogP contribution < -0.4 is 5.32 Å². The molecule has 2 heterocycles. The van der Waals surface area contributed by atoms with Crippen molar-refractivity contribution < 1.29 is 4.79 Å². The normalized spacial score (nSPS) is 10.4. The number of carbonyl (C=O) groups excluding carboxylic acids is 1. The van der Waals surface area contributed by atoms with Gasteiger partial charge in [0.25, 0.3) is 5.91 Å². The molecule has 2 aromatic carbocycles. The first-order chi connectivity index (χ1) is 13.7. The second-order valence-corrected chi connectivity index (χ2v) is 8.11. The van der Waals surface area contributed by atoms with Crippen molar-refractivity contribution in [2.45, 2.75) is 6.42 Å². The van der Waals surface area contributed by atoms with Gasteiger partial charge in [-0.05, 0) is 17.7 Å². The Hall–Kier alpha value is -3.34. The highest BCUT2D eigenvalue weighted by Gasteiger charge is 2.14. The number of benzene rings is 2. The summed E-state index contributed by atoms with van der Waals surface area (Å²) >= 11 is 2.79. The van der Waals surface area contributed by atoms with Crippen LogP contribution >= 0.6 is 22.7 Å². The number of thiazole rings is 2. The van der Waals surface area contributed by atoms with Gasteiger partial charge in [-0.25, -0.2) is 9.97 Å². The maximum atomic E-state index is 12.5. The zero-order valence-electron chi connectivity index (χ0n) is 14.6. The number of rotatable bonds is 5. The van der Waals surface area contributed by atoms with Gasteiger partial charge in [0.2, 0.25) is 0 Å². The van der Waals surface area contributed by atoms with Crippen LogP contribution in [-0.4, -0.2) is 15.9 Å². The number of aromatic nitrogens is 2. The van der Waals surface area contributed by atoms with Crippen molar-refractivity contribution in [3.63, 3.8) is 0 Å². The van der Waals surface area contributed by atoms with Crippen LogP contribution in [0.4, 0.5) is 5.13 Å². The second kappa shape index (κ2) is 8.13. The van der Waals surface area contributed by atoms with Gasteiger partial charge in [-0.3, -0.25) is 10.1 Å². The predicted molar refractivity (Wildman–Crippen MR) is 112 cm³/mol. The van der Waals surface area contributed by atoms with Crippen molar-refractivity contribution >= 4 is 33.7 Å². The van der Waals surface area contributed by atoms with Crippen LogP contribution in [0, 0.1) is 11.3 Å². The van der Waals surface area contributed by atoms with Crippen molar-refractivity contribution in [2.75, 3.05) is 5.32 Å². The van der Waals surface area contributed by atoms with Crippen LogP contribution in [0.5, 0.6) is 0 Å². The van der Waals surface area contributed by atoms with Gasteiger partial charge in [0.05, 0.1) is 17.8 Å². The molecule has 136 valence electrons. The molecule has 0 aliphatic carbocycles. The lowest BCUT2D eigenvalue weighted by Gasteiger charge is -1.99. The number of amides is 1. The number of nitriles is 1. The van der Waals surface area contributed by atoms with Crippen molar-refractivity contribution in [1.82, 2.24) is 9.97 Å². The molecular formula is C21H14N4OS2. The van der Waals surface area contributed by atoms with E-state index in [0.717, 1.165) is 21.0 Å². The van der Waals surface area contributed by atoms with Crippen LogP contribution in [0.1, 0.15) is 25.7 Å². The first-order valence-corrected chi connectivity index (χ1v) is 10.1. The van der Waals surface area contributed by atoms with Crippen molar-refractivity contribution in [3.05, 3.63) is 87.9 Å². The number of nitrogens with zero attached hydrogens (tertiary/aromatic N) is 3. The van der Waals surface area contributed by atoms with E-state index in [1.165, 1.54) is 22.7 Å². The Bertz CT molecular complexity index is 1140. The molecule has 4 aromatic rings. The SMILES string of the molecule is N#Cc1ccc(Cc2cnc(NC(=O)c3cnc(-c4ccccc4)s3)s2)cc1. The van der Waals surface area contributed by atoms with Crippen molar-refractivity contribution in [1.29, 1.82) is 5.26 Å². The monoisotopic (exact) mass is 402 g/mol. The van der Waals surface area contributed by atoms with Crippen molar-refractivity contribution in [2.24, 2.45) is 0 Å². The third-order valence-corrected chi connectivity index (χ3v) is 5.94. The van der Waals surface area contributed by atoms with E-state index in [-0.39, 0.29) is 5.91 Å². The Kier molecular flexibility index (Phi) is 5.24. The highest BCUT2D eigenvalue weighted by molar-refractivity contribution is 7.17. The molecule has 0 atom stereocenters. The Morgan fingerprint density at radius 3 is 2.54 bits per heavy atom. The summed E-state index contributed by atoms with van der Waals surface area (Å²) in [6.45, 7) is 0. The fraction of sp³-hybridized carbons (Fsp3) is 0.0476. The fourth-order valence-corrected chi connectivity index (χ4v) is 4.26. The maximum absolute atomic E-state index is 12.5. The van der Waals surface area contributed by atoms with Gasteiger partial charge >= 0.3 is 0 Å². The van der Waals surface area contributed by atoms with Gasteiger partial charge in [0, 0.05) is 23.1 Å². The summed E-state index contributed by atoms with van der Waals surface area (Å²) in [4.78, 5) is 22.7. The Morgan fingerprint density at radius 1 is 1.00 bits per heavy atom. The Morgan fingerprint density at radius 2 is 1.79 bits per heavy atom. The summed E-state index contributed by atoms with van der Waals surface area (Å²) in [5, 5.41) is 13.1. The van der Waals surface area contributed by atoms with Crippen LogP contribution in [0.3, 0.4) is 0 Å². The minimum atomic E-state index is -0.209. The molecule has 0 saturated carbocycles. The van der Waals surface area contributed by atoms with Gasteiger partial charge < -0.3 is 0 Å². The molecule has 0 radical (unpaired) electrons. The fourth-order valence-electron chi connectivity index (χ4n) is 2.60.